The number of nitrogens with zero attached hydrogens (tertiary/aromatic N) is 5. The lowest BCUT2D eigenvalue weighted by atomic mass is 10.1. The molecule has 0 saturated carbocycles. The summed E-state index contributed by atoms with van der Waals surface area (Å²) in [5.41, 5.74) is 4.07. The molecule has 0 spiro atoms. The Kier molecular flexibility index (Phi) is 6.45. The number of benzene rings is 3. The fourth-order valence-electron chi connectivity index (χ4n) is 3.99. The van der Waals surface area contributed by atoms with Gasteiger partial charge in [-0.25, -0.2) is 4.68 Å². The Hall–Kier alpha value is -4.34. The Balaban J connectivity index is 1.40. The predicted molar refractivity (Wildman–Crippen MR) is 154 cm³/mol. The summed E-state index contributed by atoms with van der Waals surface area (Å²) in [6.45, 7) is 4.09. The lowest BCUT2D eigenvalue weighted by Crippen LogP contribution is -2.23. The summed E-state index contributed by atoms with van der Waals surface area (Å²) in [4.78, 5) is 18.4. The monoisotopic (exact) mass is 581 g/mol. The van der Waals surface area contributed by atoms with E-state index in [0.717, 1.165) is 38.3 Å². The minimum Gasteiger partial charge on any atom is -0.490 e. The van der Waals surface area contributed by atoms with Crippen LogP contribution in [-0.2, 0) is 0 Å². The normalized spacial score (nSPS) is 11.8. The van der Waals surface area contributed by atoms with E-state index in [4.69, 9.17) is 9.84 Å². The Morgan fingerprint density at radius 1 is 0.947 bits per heavy atom. The van der Waals surface area contributed by atoms with Crippen molar-refractivity contribution < 1.29 is 4.74 Å². The summed E-state index contributed by atoms with van der Waals surface area (Å²) in [6, 6.07) is 25.3. The molecule has 0 unspecified atom stereocenters. The second-order valence-electron chi connectivity index (χ2n) is 8.39. The van der Waals surface area contributed by atoms with Crippen LogP contribution >= 0.6 is 27.3 Å². The second-order valence-corrected chi connectivity index (χ2v) is 10.3. The number of thiazole rings is 1. The SMILES string of the molecule is C=CCOc1ccc(-c2nc3sc(=Cc4cn(-c5ccccc5)nc4-c4ccc(Br)cc4)c(=O)n3n2)cc1. The molecule has 0 atom stereocenters. The first kappa shape index (κ1) is 24.0. The lowest BCUT2D eigenvalue weighted by molar-refractivity contribution is 0.363. The van der Waals surface area contributed by atoms with Gasteiger partial charge in [-0.1, -0.05) is 70.3 Å². The maximum atomic E-state index is 13.3. The summed E-state index contributed by atoms with van der Waals surface area (Å²) in [6.07, 6.45) is 5.49. The topological polar surface area (TPSA) is 74.3 Å². The summed E-state index contributed by atoms with van der Waals surface area (Å²) >= 11 is 4.79. The third kappa shape index (κ3) is 4.69. The molecule has 0 bridgehead atoms. The predicted octanol–water partition coefficient (Wildman–Crippen LogP) is 5.55. The Labute approximate surface area is 230 Å². The molecule has 0 saturated heterocycles. The summed E-state index contributed by atoms with van der Waals surface area (Å²) in [5.74, 6) is 1.22. The standard InChI is InChI=1S/C29H20BrN5O2S/c1-2-16-37-24-14-10-20(11-15-24)27-31-29-35(33-27)28(36)25(38-29)17-21-18-34(23-6-4-3-5-7-23)32-26(21)19-8-12-22(30)13-9-19/h2-15,17-18H,1,16H2. The molecule has 0 amide bonds. The average molecular weight is 582 g/mol. The van der Waals surface area contributed by atoms with Gasteiger partial charge in [-0.05, 0) is 54.6 Å². The number of halogens is 1. The van der Waals surface area contributed by atoms with E-state index in [0.29, 0.717) is 21.9 Å². The number of rotatable bonds is 7. The Bertz CT molecular complexity index is 1860. The summed E-state index contributed by atoms with van der Waals surface area (Å²) < 4.78 is 10.2. The van der Waals surface area contributed by atoms with Crippen molar-refractivity contribution in [3.8, 4) is 34.1 Å². The minimum atomic E-state index is -0.219. The molecule has 0 N–H and O–H groups in total. The highest BCUT2D eigenvalue weighted by Gasteiger charge is 2.15. The van der Waals surface area contributed by atoms with Crippen LogP contribution in [0.1, 0.15) is 5.56 Å². The molecule has 0 aliphatic carbocycles. The van der Waals surface area contributed by atoms with Gasteiger partial charge in [0.15, 0.2) is 5.82 Å². The molecule has 6 aromatic rings. The molecule has 0 fully saturated rings. The van der Waals surface area contributed by atoms with Crippen molar-refractivity contribution in [3.63, 3.8) is 0 Å². The van der Waals surface area contributed by atoms with E-state index in [9.17, 15) is 4.79 Å². The van der Waals surface area contributed by atoms with Crippen molar-refractivity contribution in [3.05, 3.63) is 123 Å². The van der Waals surface area contributed by atoms with Crippen LogP contribution in [0.15, 0.2) is 107 Å². The molecule has 7 nitrogen and oxygen atoms in total. The van der Waals surface area contributed by atoms with Gasteiger partial charge in [0.05, 0.1) is 15.9 Å². The zero-order valence-corrected chi connectivity index (χ0v) is 22.4. The van der Waals surface area contributed by atoms with Crippen LogP contribution in [0, 0.1) is 0 Å². The molecule has 186 valence electrons. The van der Waals surface area contributed by atoms with E-state index in [2.05, 4.69) is 32.6 Å². The van der Waals surface area contributed by atoms with Gasteiger partial charge in [0, 0.05) is 27.4 Å². The highest BCUT2D eigenvalue weighted by molar-refractivity contribution is 9.10. The molecular weight excluding hydrogens is 562 g/mol. The van der Waals surface area contributed by atoms with Gasteiger partial charge in [-0.2, -0.15) is 14.6 Å². The van der Waals surface area contributed by atoms with Gasteiger partial charge in [-0.15, -0.1) is 5.10 Å². The van der Waals surface area contributed by atoms with E-state index in [1.165, 1.54) is 15.9 Å². The van der Waals surface area contributed by atoms with Crippen LogP contribution in [-0.4, -0.2) is 31.0 Å². The first-order chi connectivity index (χ1) is 18.6. The van der Waals surface area contributed by atoms with E-state index < -0.39 is 0 Å². The van der Waals surface area contributed by atoms with Gasteiger partial charge in [0.1, 0.15) is 12.4 Å². The van der Waals surface area contributed by atoms with Crippen molar-refractivity contribution >= 4 is 38.3 Å². The van der Waals surface area contributed by atoms with Crippen molar-refractivity contribution in [2.24, 2.45) is 0 Å². The van der Waals surface area contributed by atoms with Crippen LogP contribution < -0.4 is 14.8 Å². The second kappa shape index (κ2) is 10.2. The first-order valence-corrected chi connectivity index (χ1v) is 13.4. The van der Waals surface area contributed by atoms with Gasteiger partial charge >= 0.3 is 0 Å². The lowest BCUT2D eigenvalue weighted by Gasteiger charge is -2.02. The molecule has 3 heterocycles. The van der Waals surface area contributed by atoms with E-state index in [1.54, 1.807) is 6.08 Å². The minimum absolute atomic E-state index is 0.219. The highest BCUT2D eigenvalue weighted by Crippen LogP contribution is 2.26. The molecule has 6 rings (SSSR count). The van der Waals surface area contributed by atoms with Crippen molar-refractivity contribution in [2.45, 2.75) is 0 Å². The molecule has 0 aliphatic heterocycles. The van der Waals surface area contributed by atoms with E-state index in [-0.39, 0.29) is 5.56 Å². The van der Waals surface area contributed by atoms with Gasteiger partial charge in [-0.3, -0.25) is 4.79 Å². The van der Waals surface area contributed by atoms with E-state index >= 15 is 0 Å². The van der Waals surface area contributed by atoms with Crippen molar-refractivity contribution in [1.82, 2.24) is 24.4 Å². The van der Waals surface area contributed by atoms with Gasteiger partial charge < -0.3 is 4.74 Å². The largest absolute Gasteiger partial charge is 0.490 e. The number of para-hydroxylation sites is 1. The Morgan fingerprint density at radius 3 is 2.39 bits per heavy atom. The molecule has 0 radical (unpaired) electrons. The molecule has 9 heteroatoms. The van der Waals surface area contributed by atoms with Gasteiger partial charge in [0.25, 0.3) is 5.56 Å². The Morgan fingerprint density at radius 2 is 1.68 bits per heavy atom. The number of aromatic nitrogens is 5. The zero-order valence-electron chi connectivity index (χ0n) is 20.0. The summed E-state index contributed by atoms with van der Waals surface area (Å²) in [7, 11) is 0. The van der Waals surface area contributed by atoms with Crippen LogP contribution in [0.5, 0.6) is 5.75 Å². The fraction of sp³-hybridized carbons (Fsp3) is 0.0345. The molecule has 3 aromatic heterocycles. The van der Waals surface area contributed by atoms with Crippen LogP contribution in [0.25, 0.3) is 39.4 Å². The van der Waals surface area contributed by atoms with Crippen LogP contribution in [0.4, 0.5) is 0 Å². The molecule has 38 heavy (non-hydrogen) atoms. The van der Waals surface area contributed by atoms with Crippen LogP contribution in [0.3, 0.4) is 0 Å². The van der Waals surface area contributed by atoms with Crippen molar-refractivity contribution in [1.29, 1.82) is 0 Å². The average Bonchev–Trinajstić information content (AvgIpc) is 3.64. The number of fused-ring (bicyclic) bond motifs is 1. The smallest absolute Gasteiger partial charge is 0.291 e. The number of hydrogen-bond donors (Lipinski definition) is 0. The van der Waals surface area contributed by atoms with Crippen LogP contribution in [0.2, 0.25) is 0 Å². The quantitative estimate of drug-likeness (QED) is 0.231. The maximum Gasteiger partial charge on any atom is 0.291 e. The first-order valence-electron chi connectivity index (χ1n) is 11.8. The molecule has 3 aromatic carbocycles. The maximum absolute atomic E-state index is 13.3. The zero-order chi connectivity index (χ0) is 26.1. The van der Waals surface area contributed by atoms with Gasteiger partial charge in [0.2, 0.25) is 4.96 Å². The third-order valence-electron chi connectivity index (χ3n) is 5.83. The fourth-order valence-corrected chi connectivity index (χ4v) is 5.15. The summed E-state index contributed by atoms with van der Waals surface area (Å²) in [5, 5.41) is 9.33. The molecular formula is C29H20BrN5O2S. The van der Waals surface area contributed by atoms with Crippen molar-refractivity contribution in [2.75, 3.05) is 6.61 Å². The number of hydrogen-bond acceptors (Lipinski definition) is 6. The molecule has 0 aliphatic rings. The third-order valence-corrected chi connectivity index (χ3v) is 7.32. The number of ether oxygens (including phenoxy) is 1. The highest BCUT2D eigenvalue weighted by atomic mass is 79.9. The van der Waals surface area contributed by atoms with E-state index in [1.807, 2.05) is 95.8 Å².